The smallest absolute Gasteiger partial charge is 0.417 e. The molecule has 1 atom stereocenters. The van der Waals surface area contributed by atoms with E-state index in [4.69, 9.17) is 16.3 Å². The molecule has 1 unspecified atom stereocenters. The van der Waals surface area contributed by atoms with Gasteiger partial charge in [-0.2, -0.15) is 13.2 Å². The first-order chi connectivity index (χ1) is 11.3. The first-order valence-corrected chi connectivity index (χ1v) is 7.46. The zero-order valence-electron chi connectivity index (χ0n) is 12.2. The van der Waals surface area contributed by atoms with Crippen LogP contribution in [0, 0.1) is 5.82 Å². The monoisotopic (exact) mass is 361 g/mol. The fourth-order valence-electron chi connectivity index (χ4n) is 2.47. The zero-order chi connectivity index (χ0) is 17.3. The van der Waals surface area contributed by atoms with Crippen molar-refractivity contribution in [2.45, 2.75) is 18.7 Å². The van der Waals surface area contributed by atoms with E-state index < -0.39 is 17.6 Å². The quantitative estimate of drug-likeness (QED) is 0.776. The lowest BCUT2D eigenvalue weighted by Gasteiger charge is -2.19. The summed E-state index contributed by atoms with van der Waals surface area (Å²) >= 11 is 5.96. The molecule has 3 heterocycles. The average molecular weight is 362 g/mol. The van der Waals surface area contributed by atoms with Crippen LogP contribution in [-0.4, -0.2) is 29.2 Å². The normalized spacial score (nSPS) is 18.0. The minimum Gasteiger partial charge on any atom is -0.487 e. The minimum absolute atomic E-state index is 0.116. The Morgan fingerprint density at radius 3 is 2.75 bits per heavy atom. The Hall–Kier alpha value is -2.09. The number of halogens is 5. The molecule has 0 spiro atoms. The Labute approximate surface area is 140 Å². The maximum Gasteiger partial charge on any atom is 0.417 e. The van der Waals surface area contributed by atoms with Crippen molar-refractivity contribution in [3.8, 4) is 5.75 Å². The predicted octanol–water partition coefficient (Wildman–Crippen LogP) is 3.95. The molecular weight excluding hydrogens is 350 g/mol. The average Bonchev–Trinajstić information content (AvgIpc) is 2.97. The van der Waals surface area contributed by atoms with Crippen molar-refractivity contribution in [1.82, 2.24) is 9.97 Å². The lowest BCUT2D eigenvalue weighted by atomic mass is 10.2. The van der Waals surface area contributed by atoms with Crippen molar-refractivity contribution in [2.24, 2.45) is 0 Å². The van der Waals surface area contributed by atoms with E-state index >= 15 is 0 Å². The number of hydrogen-bond donors (Lipinski definition) is 0. The fraction of sp³-hybridized carbons (Fsp3) is 0.333. The van der Waals surface area contributed by atoms with Crippen LogP contribution in [0.25, 0.3) is 0 Å². The van der Waals surface area contributed by atoms with Gasteiger partial charge in [-0.25, -0.2) is 9.37 Å². The molecule has 1 aliphatic rings. The highest BCUT2D eigenvalue weighted by Gasteiger charge is 2.33. The van der Waals surface area contributed by atoms with E-state index in [1.807, 2.05) is 0 Å². The molecule has 2 aromatic heterocycles. The van der Waals surface area contributed by atoms with Crippen molar-refractivity contribution < 1.29 is 22.3 Å². The maximum atomic E-state index is 14.0. The Morgan fingerprint density at radius 2 is 2.08 bits per heavy atom. The Bertz CT molecular complexity index is 741. The Balaban J connectivity index is 1.71. The van der Waals surface area contributed by atoms with Gasteiger partial charge in [-0.1, -0.05) is 11.6 Å². The summed E-state index contributed by atoms with van der Waals surface area (Å²) in [6.07, 6.45) is -0.714. The first-order valence-electron chi connectivity index (χ1n) is 7.08. The SMILES string of the molecule is Fc1cc(C(F)(F)F)cnc1N1CCC(Oc2ccncc2Cl)C1. The summed E-state index contributed by atoms with van der Waals surface area (Å²) in [5, 5.41) is 0.356. The van der Waals surface area contributed by atoms with Crippen LogP contribution in [0.5, 0.6) is 5.75 Å². The van der Waals surface area contributed by atoms with Crippen LogP contribution in [0.1, 0.15) is 12.0 Å². The number of alkyl halides is 3. The highest BCUT2D eigenvalue weighted by atomic mass is 35.5. The molecule has 1 aliphatic heterocycles. The zero-order valence-corrected chi connectivity index (χ0v) is 13.0. The van der Waals surface area contributed by atoms with E-state index in [0.29, 0.717) is 42.5 Å². The van der Waals surface area contributed by atoms with Gasteiger partial charge in [0.25, 0.3) is 0 Å². The molecular formula is C15H12ClF4N3O. The van der Waals surface area contributed by atoms with Gasteiger partial charge in [0.2, 0.25) is 0 Å². The number of rotatable bonds is 3. The third kappa shape index (κ3) is 3.53. The van der Waals surface area contributed by atoms with Crippen LogP contribution in [0.2, 0.25) is 5.02 Å². The number of anilines is 1. The summed E-state index contributed by atoms with van der Waals surface area (Å²) in [4.78, 5) is 9.02. The second kappa shape index (κ2) is 6.43. The molecule has 0 N–H and O–H groups in total. The maximum absolute atomic E-state index is 14.0. The van der Waals surface area contributed by atoms with E-state index in [2.05, 4.69) is 9.97 Å². The van der Waals surface area contributed by atoms with Gasteiger partial charge in [0.05, 0.1) is 12.1 Å². The molecule has 0 radical (unpaired) electrons. The Morgan fingerprint density at radius 1 is 1.29 bits per heavy atom. The molecule has 0 aromatic carbocycles. The van der Waals surface area contributed by atoms with E-state index in [1.54, 1.807) is 11.0 Å². The summed E-state index contributed by atoms with van der Waals surface area (Å²) in [7, 11) is 0. The molecule has 0 amide bonds. The number of hydrogen-bond acceptors (Lipinski definition) is 4. The first kappa shape index (κ1) is 16.8. The summed E-state index contributed by atoms with van der Waals surface area (Å²) in [6.45, 7) is 0.719. The van der Waals surface area contributed by atoms with Gasteiger partial charge in [0.1, 0.15) is 16.9 Å². The van der Waals surface area contributed by atoms with Crippen molar-refractivity contribution >= 4 is 17.4 Å². The second-order valence-electron chi connectivity index (χ2n) is 5.31. The van der Waals surface area contributed by atoms with Crippen LogP contribution in [0.15, 0.2) is 30.7 Å². The molecule has 2 aromatic rings. The van der Waals surface area contributed by atoms with Crippen LogP contribution >= 0.6 is 11.6 Å². The number of pyridine rings is 2. The van der Waals surface area contributed by atoms with E-state index in [9.17, 15) is 17.6 Å². The topological polar surface area (TPSA) is 38.2 Å². The molecule has 24 heavy (non-hydrogen) atoms. The van der Waals surface area contributed by atoms with Gasteiger partial charge >= 0.3 is 6.18 Å². The van der Waals surface area contributed by atoms with Crippen molar-refractivity contribution in [1.29, 1.82) is 0 Å². The molecule has 128 valence electrons. The van der Waals surface area contributed by atoms with Gasteiger partial charge in [-0.15, -0.1) is 0 Å². The molecule has 1 fully saturated rings. The van der Waals surface area contributed by atoms with Crippen LogP contribution < -0.4 is 9.64 Å². The highest BCUT2D eigenvalue weighted by Crippen LogP contribution is 2.32. The van der Waals surface area contributed by atoms with E-state index in [-0.39, 0.29) is 11.9 Å². The molecule has 4 nitrogen and oxygen atoms in total. The molecule has 0 saturated carbocycles. The van der Waals surface area contributed by atoms with Gasteiger partial charge in [-0.05, 0) is 6.07 Å². The van der Waals surface area contributed by atoms with Crippen molar-refractivity contribution in [3.63, 3.8) is 0 Å². The summed E-state index contributed by atoms with van der Waals surface area (Å²) in [6, 6.07) is 2.07. The van der Waals surface area contributed by atoms with Crippen LogP contribution in [0.4, 0.5) is 23.4 Å². The van der Waals surface area contributed by atoms with Gasteiger partial charge in [-0.3, -0.25) is 4.98 Å². The molecule has 3 rings (SSSR count). The van der Waals surface area contributed by atoms with E-state index in [0.717, 1.165) is 0 Å². The van der Waals surface area contributed by atoms with Gasteiger partial charge in [0.15, 0.2) is 11.6 Å². The van der Waals surface area contributed by atoms with Gasteiger partial charge < -0.3 is 9.64 Å². The van der Waals surface area contributed by atoms with Crippen molar-refractivity contribution in [3.05, 3.63) is 47.1 Å². The standard InChI is InChI=1S/C15H12ClF4N3O/c16-11-7-21-3-1-13(11)24-10-2-4-23(8-10)14-12(17)5-9(6-22-14)15(18,19)20/h1,3,5-7,10H,2,4,8H2. The predicted molar refractivity (Wildman–Crippen MR) is 79.7 cm³/mol. The van der Waals surface area contributed by atoms with E-state index in [1.165, 1.54) is 12.4 Å². The third-order valence-electron chi connectivity index (χ3n) is 3.62. The molecule has 0 aliphatic carbocycles. The van der Waals surface area contributed by atoms with Gasteiger partial charge in [0, 0.05) is 37.6 Å². The summed E-state index contributed by atoms with van der Waals surface area (Å²) in [5.41, 5.74) is -1.11. The molecule has 0 bridgehead atoms. The second-order valence-corrected chi connectivity index (χ2v) is 5.72. The lowest BCUT2D eigenvalue weighted by molar-refractivity contribution is -0.138. The van der Waals surface area contributed by atoms with Crippen molar-refractivity contribution in [2.75, 3.05) is 18.0 Å². The lowest BCUT2D eigenvalue weighted by Crippen LogP contribution is -2.26. The number of nitrogens with zero attached hydrogens (tertiary/aromatic N) is 3. The summed E-state index contributed by atoms with van der Waals surface area (Å²) in [5.74, 6) is -0.665. The highest BCUT2D eigenvalue weighted by molar-refractivity contribution is 6.31. The Kier molecular flexibility index (Phi) is 4.49. The summed E-state index contributed by atoms with van der Waals surface area (Å²) < 4.78 is 57.4. The number of ether oxygens (including phenoxy) is 1. The molecule has 1 saturated heterocycles. The largest absolute Gasteiger partial charge is 0.487 e. The third-order valence-corrected chi connectivity index (χ3v) is 3.91. The number of aromatic nitrogens is 2. The minimum atomic E-state index is -4.62. The van der Waals surface area contributed by atoms with Crippen LogP contribution in [-0.2, 0) is 6.18 Å². The molecule has 9 heteroatoms. The van der Waals surface area contributed by atoms with Crippen LogP contribution in [0.3, 0.4) is 0 Å². The fourth-order valence-corrected chi connectivity index (χ4v) is 2.64.